The molecule has 0 spiro atoms. The van der Waals surface area contributed by atoms with E-state index in [0.29, 0.717) is 11.3 Å². The maximum absolute atomic E-state index is 10.8. The van der Waals surface area contributed by atoms with Crippen molar-refractivity contribution in [3.63, 3.8) is 0 Å². The number of hydrogen-bond acceptors (Lipinski definition) is 7. The van der Waals surface area contributed by atoms with Crippen LogP contribution >= 0.6 is 0 Å². The molecular formula is C24H24N6O3. The number of rotatable bonds is 4. The number of nitrogen functional groups attached to an aromatic ring is 1. The first-order valence-corrected chi connectivity index (χ1v) is 10.0. The quantitative estimate of drug-likeness (QED) is 0.233. The van der Waals surface area contributed by atoms with E-state index in [1.54, 1.807) is 37.4 Å². The van der Waals surface area contributed by atoms with Crippen molar-refractivity contribution < 1.29 is 10.1 Å². The molecule has 0 aliphatic heterocycles. The number of hydrogen-bond donors (Lipinski definition) is 3. The second-order valence-electron chi connectivity index (χ2n) is 7.17. The Morgan fingerprint density at radius 1 is 1.03 bits per heavy atom. The Balaban J connectivity index is 0.000000189. The Labute approximate surface area is 190 Å². The number of para-hydroxylation sites is 2. The van der Waals surface area contributed by atoms with E-state index in [-0.39, 0.29) is 11.2 Å². The molecule has 2 aromatic heterocycles. The van der Waals surface area contributed by atoms with Crippen molar-refractivity contribution in [2.24, 2.45) is 4.99 Å². The largest absolute Gasteiger partial charge is 0.427 e. The number of nitro groups is 1. The van der Waals surface area contributed by atoms with E-state index in [4.69, 9.17) is 5.73 Å². The van der Waals surface area contributed by atoms with Crippen molar-refractivity contribution in [3.8, 4) is 0 Å². The molecule has 0 saturated heterocycles. The molecule has 0 bridgehead atoms. The average Bonchev–Trinajstić information content (AvgIpc) is 2.80. The van der Waals surface area contributed by atoms with Crippen LogP contribution < -0.4 is 16.5 Å². The summed E-state index contributed by atoms with van der Waals surface area (Å²) >= 11 is 0. The van der Waals surface area contributed by atoms with Crippen molar-refractivity contribution in [3.05, 3.63) is 112 Å². The molecule has 4 aromatic rings. The van der Waals surface area contributed by atoms with Crippen LogP contribution in [0.15, 0.2) is 90.2 Å². The van der Waals surface area contributed by atoms with E-state index in [2.05, 4.69) is 15.3 Å². The molecule has 4 rings (SSSR count). The number of pyridine rings is 2. The summed E-state index contributed by atoms with van der Waals surface area (Å²) in [5, 5.41) is 23.7. The van der Waals surface area contributed by atoms with Gasteiger partial charge < -0.3 is 16.3 Å². The van der Waals surface area contributed by atoms with Crippen LogP contribution in [-0.2, 0) is 0 Å². The van der Waals surface area contributed by atoms with Crippen molar-refractivity contribution in [1.82, 2.24) is 9.71 Å². The first-order chi connectivity index (χ1) is 15.8. The van der Waals surface area contributed by atoms with Gasteiger partial charge in [0, 0.05) is 29.2 Å². The number of aromatic nitrogens is 2. The molecule has 0 unspecified atom stereocenters. The lowest BCUT2D eigenvalue weighted by Gasteiger charge is -2.06. The van der Waals surface area contributed by atoms with Crippen molar-refractivity contribution in [2.45, 2.75) is 13.8 Å². The molecule has 4 N–H and O–H groups in total. The lowest BCUT2D eigenvalue weighted by atomic mass is 10.2. The maximum Gasteiger partial charge on any atom is 0.277 e. The second kappa shape index (κ2) is 10.6. The Hall–Kier alpha value is -4.66. The molecule has 0 atom stereocenters. The van der Waals surface area contributed by atoms with Gasteiger partial charge in [-0.1, -0.05) is 36.4 Å². The predicted octanol–water partition coefficient (Wildman–Crippen LogP) is 4.89. The van der Waals surface area contributed by atoms with Crippen LogP contribution in [0.5, 0.6) is 0 Å². The molecule has 0 amide bonds. The van der Waals surface area contributed by atoms with Crippen LogP contribution in [0, 0.1) is 24.0 Å². The topological polar surface area (TPSA) is 132 Å². The fraction of sp³-hybridized carbons (Fsp3) is 0.0833. The van der Waals surface area contributed by atoms with E-state index >= 15 is 0 Å². The van der Waals surface area contributed by atoms with Crippen LogP contribution in [0.2, 0.25) is 0 Å². The fourth-order valence-electron chi connectivity index (χ4n) is 2.81. The Morgan fingerprint density at radius 3 is 2.27 bits per heavy atom. The van der Waals surface area contributed by atoms with Gasteiger partial charge in [-0.25, -0.2) is 9.98 Å². The molecule has 0 aliphatic rings. The van der Waals surface area contributed by atoms with E-state index in [0.717, 1.165) is 27.5 Å². The Morgan fingerprint density at radius 2 is 1.67 bits per heavy atom. The summed E-state index contributed by atoms with van der Waals surface area (Å²) < 4.78 is 0.773. The van der Waals surface area contributed by atoms with Gasteiger partial charge in [-0.2, -0.15) is 4.73 Å². The lowest BCUT2D eigenvalue weighted by Crippen LogP contribution is -2.19. The lowest BCUT2D eigenvalue weighted by molar-refractivity contribution is -0.385. The van der Waals surface area contributed by atoms with Crippen LogP contribution in [-0.4, -0.2) is 19.8 Å². The summed E-state index contributed by atoms with van der Waals surface area (Å²) in [4.78, 5) is 18.7. The maximum atomic E-state index is 10.8. The summed E-state index contributed by atoms with van der Waals surface area (Å²) in [6, 6.07) is 21.9. The monoisotopic (exact) mass is 444 g/mol. The van der Waals surface area contributed by atoms with Crippen LogP contribution in [0.1, 0.15) is 11.1 Å². The first kappa shape index (κ1) is 23.0. The standard InChI is InChI=1S/C12H11N3O3.C12H13N3/c1-9-8-14(16)12(7-11(9)15(17)18)13-10-5-3-2-4-6-10;1-9-8-14-12(7-11(9)13)15-10-5-3-2-4-6-10/h2-8,16H,1H3;2-8H,1H3,(H3,13,14,15). The van der Waals surface area contributed by atoms with Gasteiger partial charge in [0.25, 0.3) is 5.69 Å². The first-order valence-electron chi connectivity index (χ1n) is 10.0. The van der Waals surface area contributed by atoms with Crippen molar-refractivity contribution >= 4 is 28.6 Å². The Bertz CT molecular complexity index is 1310. The summed E-state index contributed by atoms with van der Waals surface area (Å²) in [6.07, 6.45) is 3.03. The Kier molecular flexibility index (Phi) is 7.38. The summed E-state index contributed by atoms with van der Waals surface area (Å²) in [5.41, 5.74) is 9.56. The van der Waals surface area contributed by atoms with Gasteiger partial charge in [0.1, 0.15) is 5.82 Å². The van der Waals surface area contributed by atoms with Gasteiger partial charge in [0.15, 0.2) is 5.49 Å². The van der Waals surface area contributed by atoms with Crippen molar-refractivity contribution in [2.75, 3.05) is 11.1 Å². The van der Waals surface area contributed by atoms with Gasteiger partial charge in [0.2, 0.25) is 0 Å². The van der Waals surface area contributed by atoms with Gasteiger partial charge >= 0.3 is 0 Å². The minimum Gasteiger partial charge on any atom is -0.427 e. The molecule has 2 aromatic carbocycles. The van der Waals surface area contributed by atoms with E-state index in [9.17, 15) is 15.3 Å². The normalized spacial score (nSPS) is 10.8. The van der Waals surface area contributed by atoms with Gasteiger partial charge in [0.05, 0.1) is 22.9 Å². The molecule has 9 heteroatoms. The number of nitrogens with zero attached hydrogens (tertiary/aromatic N) is 4. The molecule has 0 aliphatic carbocycles. The molecule has 0 radical (unpaired) electrons. The molecule has 0 saturated carbocycles. The second-order valence-corrected chi connectivity index (χ2v) is 7.17. The molecule has 0 fully saturated rings. The third-order valence-electron chi connectivity index (χ3n) is 4.61. The summed E-state index contributed by atoms with van der Waals surface area (Å²) in [6.45, 7) is 3.49. The molecule has 33 heavy (non-hydrogen) atoms. The minimum atomic E-state index is -0.501. The number of nitrogens with one attached hydrogen (secondary N) is 1. The number of aryl methyl sites for hydroxylation is 2. The predicted molar refractivity (Wildman–Crippen MR) is 128 cm³/mol. The fourth-order valence-corrected chi connectivity index (χ4v) is 2.81. The highest BCUT2D eigenvalue weighted by Gasteiger charge is 2.11. The molecule has 2 heterocycles. The summed E-state index contributed by atoms with van der Waals surface area (Å²) in [5.74, 6) is 0.768. The number of benzene rings is 2. The summed E-state index contributed by atoms with van der Waals surface area (Å²) in [7, 11) is 0. The smallest absolute Gasteiger partial charge is 0.277 e. The molecular weight excluding hydrogens is 420 g/mol. The van der Waals surface area contributed by atoms with Crippen LogP contribution in [0.4, 0.5) is 28.6 Å². The highest BCUT2D eigenvalue weighted by atomic mass is 16.6. The van der Waals surface area contributed by atoms with Crippen LogP contribution in [0.3, 0.4) is 0 Å². The SMILES string of the molecule is Cc1cn(O)c(=Nc2ccccc2)cc1[N+](=O)[O-].Cc1cnc(Nc2ccccc2)cc1N. The van der Waals surface area contributed by atoms with E-state index in [1.165, 1.54) is 12.3 Å². The molecule has 9 nitrogen and oxygen atoms in total. The minimum absolute atomic E-state index is 0.0741. The number of anilines is 3. The van der Waals surface area contributed by atoms with Crippen LogP contribution in [0.25, 0.3) is 0 Å². The zero-order valence-electron chi connectivity index (χ0n) is 18.2. The highest BCUT2D eigenvalue weighted by molar-refractivity contribution is 5.61. The third-order valence-corrected chi connectivity index (χ3v) is 4.61. The van der Waals surface area contributed by atoms with Gasteiger partial charge in [-0.3, -0.25) is 10.1 Å². The average molecular weight is 444 g/mol. The zero-order valence-corrected chi connectivity index (χ0v) is 18.2. The third kappa shape index (κ3) is 6.41. The van der Waals surface area contributed by atoms with Gasteiger partial charge in [-0.05, 0) is 43.7 Å². The molecule has 168 valence electrons. The van der Waals surface area contributed by atoms with E-state index in [1.807, 2.05) is 49.4 Å². The highest BCUT2D eigenvalue weighted by Crippen LogP contribution is 2.18. The zero-order chi connectivity index (χ0) is 23.8. The van der Waals surface area contributed by atoms with Crippen molar-refractivity contribution in [1.29, 1.82) is 0 Å². The number of nitrogens with two attached hydrogens (primary N) is 1. The van der Waals surface area contributed by atoms with Gasteiger partial charge in [-0.15, -0.1) is 0 Å². The van der Waals surface area contributed by atoms with E-state index < -0.39 is 4.92 Å².